The van der Waals surface area contributed by atoms with Crippen LogP contribution in [-0.4, -0.2) is 59.6 Å². The summed E-state index contributed by atoms with van der Waals surface area (Å²) in [7, 11) is 3.92. The second-order valence-corrected chi connectivity index (χ2v) is 10.7. The minimum atomic E-state index is -0.498. The van der Waals surface area contributed by atoms with Crippen molar-refractivity contribution in [1.82, 2.24) is 14.8 Å². The van der Waals surface area contributed by atoms with Crippen molar-refractivity contribution >= 4 is 17.3 Å². The molecule has 37 heavy (non-hydrogen) atoms. The van der Waals surface area contributed by atoms with Gasteiger partial charge >= 0.3 is 0 Å². The zero-order chi connectivity index (χ0) is 25.9. The molecule has 0 bridgehead atoms. The van der Waals surface area contributed by atoms with Crippen molar-refractivity contribution in [2.24, 2.45) is 5.41 Å². The lowest BCUT2D eigenvalue weighted by atomic mass is 9.60. The number of halogens is 1. The number of nitrogens with zero attached hydrogens (tertiary/aromatic N) is 3. The fraction of sp³-hybridized carbons (Fsp3) is 0.345. The molecular formula is C29H30FN5O2. The van der Waals surface area contributed by atoms with Crippen molar-refractivity contribution < 1.29 is 13.9 Å². The summed E-state index contributed by atoms with van der Waals surface area (Å²) in [4.78, 5) is 21.7. The van der Waals surface area contributed by atoms with Crippen molar-refractivity contribution in [2.75, 3.05) is 32.5 Å². The van der Waals surface area contributed by atoms with Crippen LogP contribution in [-0.2, 0) is 6.54 Å². The molecule has 2 aliphatic heterocycles. The normalized spacial score (nSPS) is 18.4. The second-order valence-electron chi connectivity index (χ2n) is 10.7. The molecule has 3 aromatic rings. The van der Waals surface area contributed by atoms with Crippen LogP contribution in [0.4, 0.5) is 10.1 Å². The summed E-state index contributed by atoms with van der Waals surface area (Å²) in [6.45, 7) is 4.36. The maximum absolute atomic E-state index is 15.2. The fourth-order valence-electron chi connectivity index (χ4n) is 6.28. The second kappa shape index (κ2) is 8.66. The van der Waals surface area contributed by atoms with Crippen molar-refractivity contribution in [3.8, 4) is 22.8 Å². The largest absolute Gasteiger partial charge is 0.457 e. The summed E-state index contributed by atoms with van der Waals surface area (Å²) in [6, 6.07) is 12.5. The van der Waals surface area contributed by atoms with E-state index in [-0.39, 0.29) is 17.5 Å². The first kappa shape index (κ1) is 23.6. The van der Waals surface area contributed by atoms with Gasteiger partial charge in [-0.3, -0.25) is 9.78 Å². The fourth-order valence-corrected chi connectivity index (χ4v) is 6.28. The summed E-state index contributed by atoms with van der Waals surface area (Å²) in [5.74, 6) is 0.487. The molecule has 3 heterocycles. The molecular weight excluding hydrogens is 469 g/mol. The zero-order valence-electron chi connectivity index (χ0n) is 21.3. The Labute approximate surface area is 215 Å². The highest BCUT2D eigenvalue weighted by atomic mass is 19.1. The number of carbonyl (C=O) groups is 1. The SMILES string of the molecule is CNc1cc(Oc2ccnc(-c3cc(F)c4c(c3)CN(C3CC5(C3)CN(C)C5)C4=O)c2)ccc1C(C)=N. The number of benzene rings is 2. The minimum Gasteiger partial charge on any atom is -0.457 e. The predicted molar refractivity (Wildman–Crippen MR) is 141 cm³/mol. The van der Waals surface area contributed by atoms with Gasteiger partial charge in [0, 0.05) is 73.6 Å². The number of carbonyl (C=O) groups excluding carboxylic acids is 1. The molecule has 2 fully saturated rings. The van der Waals surface area contributed by atoms with Crippen molar-refractivity contribution in [1.29, 1.82) is 5.41 Å². The summed E-state index contributed by atoms with van der Waals surface area (Å²) in [5, 5.41) is 11.0. The first-order valence-electron chi connectivity index (χ1n) is 12.6. The van der Waals surface area contributed by atoms with E-state index >= 15 is 4.39 Å². The summed E-state index contributed by atoms with van der Waals surface area (Å²) in [5.41, 5.74) is 4.54. The molecule has 190 valence electrons. The maximum Gasteiger partial charge on any atom is 0.257 e. The first-order chi connectivity index (χ1) is 17.7. The third-order valence-corrected chi connectivity index (χ3v) is 7.90. The van der Waals surface area contributed by atoms with Gasteiger partial charge in [0.1, 0.15) is 17.3 Å². The number of amides is 1. The van der Waals surface area contributed by atoms with Crippen molar-refractivity contribution in [3.05, 3.63) is 71.2 Å². The number of fused-ring (bicyclic) bond motifs is 1. The van der Waals surface area contributed by atoms with Crippen LogP contribution in [0.1, 0.15) is 41.3 Å². The summed E-state index contributed by atoms with van der Waals surface area (Å²) in [6.07, 6.45) is 3.63. The van der Waals surface area contributed by atoms with Gasteiger partial charge in [0.15, 0.2) is 0 Å². The van der Waals surface area contributed by atoms with E-state index in [1.165, 1.54) is 6.07 Å². The highest BCUT2D eigenvalue weighted by Crippen LogP contribution is 2.51. The van der Waals surface area contributed by atoms with Gasteiger partial charge in [0.2, 0.25) is 0 Å². The molecule has 8 heteroatoms. The number of hydrogen-bond donors (Lipinski definition) is 2. The molecule has 2 N–H and O–H groups in total. The van der Waals surface area contributed by atoms with Gasteiger partial charge in [0.05, 0.1) is 11.3 Å². The standard InChI is InChI=1S/C29H30FN5O2/c1-17(31)23-5-4-21(11-26(23)32-2)37-22-6-7-33-25(10-22)18-8-19-14-35(28(36)27(19)24(30)9-18)20-12-29(13-20)15-34(3)16-29/h4-11,20,31-32H,12-16H2,1-3H3. The molecule has 1 saturated heterocycles. The van der Waals surface area contributed by atoms with Crippen molar-refractivity contribution in [2.45, 2.75) is 32.4 Å². The predicted octanol–water partition coefficient (Wildman–Crippen LogP) is 5.16. The maximum atomic E-state index is 15.2. The van der Waals surface area contributed by atoms with Gasteiger partial charge in [-0.05, 0) is 68.1 Å². The third kappa shape index (κ3) is 4.05. The number of aromatic nitrogens is 1. The average molecular weight is 500 g/mol. The van der Waals surface area contributed by atoms with Gasteiger partial charge < -0.3 is 25.3 Å². The molecule has 1 aliphatic carbocycles. The van der Waals surface area contributed by atoms with E-state index in [9.17, 15) is 4.79 Å². The van der Waals surface area contributed by atoms with E-state index in [4.69, 9.17) is 10.1 Å². The number of likely N-dealkylation sites (tertiary alicyclic amines) is 1. The van der Waals surface area contributed by atoms with Crippen LogP contribution in [0.3, 0.4) is 0 Å². The zero-order valence-corrected chi connectivity index (χ0v) is 21.3. The van der Waals surface area contributed by atoms with E-state index in [1.54, 1.807) is 32.3 Å². The molecule has 6 rings (SSSR count). The van der Waals surface area contributed by atoms with E-state index in [2.05, 4.69) is 22.2 Å². The molecule has 0 radical (unpaired) electrons. The molecule has 1 saturated carbocycles. The van der Waals surface area contributed by atoms with E-state index < -0.39 is 5.82 Å². The van der Waals surface area contributed by atoms with Crippen LogP contribution in [0.25, 0.3) is 11.3 Å². The Morgan fingerprint density at radius 2 is 1.92 bits per heavy atom. The number of anilines is 1. The Morgan fingerprint density at radius 1 is 1.16 bits per heavy atom. The van der Waals surface area contributed by atoms with Gasteiger partial charge in [-0.1, -0.05) is 0 Å². The number of hydrogen-bond acceptors (Lipinski definition) is 6. The van der Waals surface area contributed by atoms with Crippen LogP contribution in [0.2, 0.25) is 0 Å². The molecule has 0 atom stereocenters. The average Bonchev–Trinajstić information content (AvgIpc) is 3.16. The van der Waals surface area contributed by atoms with Gasteiger partial charge in [-0.25, -0.2) is 4.39 Å². The topological polar surface area (TPSA) is 81.6 Å². The van der Waals surface area contributed by atoms with Gasteiger partial charge in [0.25, 0.3) is 5.91 Å². The number of ether oxygens (including phenoxy) is 1. The van der Waals surface area contributed by atoms with E-state index in [0.717, 1.165) is 42.7 Å². The lowest BCUT2D eigenvalue weighted by Gasteiger charge is -2.60. The van der Waals surface area contributed by atoms with Gasteiger partial charge in [-0.2, -0.15) is 0 Å². The lowest BCUT2D eigenvalue weighted by Crippen LogP contribution is -2.65. The molecule has 1 aromatic heterocycles. The molecule has 1 spiro atoms. The van der Waals surface area contributed by atoms with E-state index in [1.807, 2.05) is 29.2 Å². The van der Waals surface area contributed by atoms with E-state index in [0.29, 0.717) is 40.4 Å². The van der Waals surface area contributed by atoms with Crippen LogP contribution in [0.5, 0.6) is 11.5 Å². The quantitative estimate of drug-likeness (QED) is 0.458. The smallest absolute Gasteiger partial charge is 0.257 e. The Bertz CT molecular complexity index is 1420. The Balaban J connectivity index is 1.22. The molecule has 3 aliphatic rings. The summed E-state index contributed by atoms with van der Waals surface area (Å²) >= 11 is 0. The van der Waals surface area contributed by atoms with Crippen LogP contribution < -0.4 is 10.1 Å². The van der Waals surface area contributed by atoms with Crippen LogP contribution in [0.15, 0.2) is 48.7 Å². The first-order valence-corrected chi connectivity index (χ1v) is 12.6. The lowest BCUT2D eigenvalue weighted by molar-refractivity contribution is -0.0905. The van der Waals surface area contributed by atoms with Gasteiger partial charge in [-0.15, -0.1) is 0 Å². The molecule has 1 amide bonds. The highest BCUT2D eigenvalue weighted by Gasteiger charge is 2.54. The molecule has 7 nitrogen and oxygen atoms in total. The monoisotopic (exact) mass is 499 g/mol. The minimum absolute atomic E-state index is 0.191. The Kier molecular flexibility index (Phi) is 5.53. The number of nitrogens with one attached hydrogen (secondary N) is 2. The third-order valence-electron chi connectivity index (χ3n) is 7.90. The van der Waals surface area contributed by atoms with Crippen LogP contribution >= 0.6 is 0 Å². The molecule has 2 aromatic carbocycles. The molecule has 0 unspecified atom stereocenters. The number of pyridine rings is 1. The number of rotatable bonds is 6. The Hall–Kier alpha value is -3.78. The summed E-state index contributed by atoms with van der Waals surface area (Å²) < 4.78 is 21.3. The van der Waals surface area contributed by atoms with Crippen molar-refractivity contribution in [3.63, 3.8) is 0 Å². The van der Waals surface area contributed by atoms with Crippen LogP contribution in [0, 0.1) is 16.6 Å². The highest BCUT2D eigenvalue weighted by molar-refractivity contribution is 6.01. The Morgan fingerprint density at radius 3 is 2.62 bits per heavy atom.